The molecule has 0 fully saturated rings. The molecule has 0 aliphatic carbocycles. The average Bonchev–Trinajstić information content (AvgIpc) is 2.70. The van der Waals surface area contributed by atoms with E-state index in [1.165, 1.54) is 23.1 Å². The first-order valence-electron chi connectivity index (χ1n) is 9.87. The first kappa shape index (κ1) is 27.8. The van der Waals surface area contributed by atoms with Crippen molar-refractivity contribution >= 4 is 45.7 Å². The summed E-state index contributed by atoms with van der Waals surface area (Å²) in [5.74, 6) is -0.130. The van der Waals surface area contributed by atoms with Crippen LogP contribution in [-0.4, -0.2) is 52.1 Å². The molecule has 0 saturated carbocycles. The highest BCUT2D eigenvalue weighted by Gasteiger charge is 2.11. The standard InChI is InChI=1S/C22H29FN4O3S.HI/c1-5-24-22(25-13-16-6-8-17(9-7-16)21(28)27(2)3)26-14-19-12-20(23)11-10-18(19)15-31(4,29)30;/h6-12H,5,13-15H2,1-4H3,(H2,24,25,26);1H. The molecule has 10 heteroatoms. The zero-order valence-corrected chi connectivity index (χ0v) is 21.8. The van der Waals surface area contributed by atoms with Gasteiger partial charge in [-0.25, -0.2) is 17.8 Å². The molecule has 0 atom stereocenters. The molecule has 7 nitrogen and oxygen atoms in total. The van der Waals surface area contributed by atoms with Crippen LogP contribution in [0.1, 0.15) is 34.0 Å². The molecular formula is C22H30FIN4O3S. The number of benzene rings is 2. The van der Waals surface area contributed by atoms with E-state index in [0.717, 1.165) is 11.8 Å². The van der Waals surface area contributed by atoms with Crippen LogP contribution in [0.3, 0.4) is 0 Å². The Hall–Kier alpha value is -2.21. The van der Waals surface area contributed by atoms with Crippen molar-refractivity contribution in [3.63, 3.8) is 0 Å². The number of aliphatic imine (C=N–C) groups is 1. The van der Waals surface area contributed by atoms with E-state index in [1.807, 2.05) is 19.1 Å². The number of amides is 1. The Bertz CT molecular complexity index is 1040. The van der Waals surface area contributed by atoms with Crippen LogP contribution >= 0.6 is 24.0 Å². The normalized spacial score (nSPS) is 11.5. The Morgan fingerprint density at radius 3 is 2.28 bits per heavy atom. The van der Waals surface area contributed by atoms with Crippen molar-refractivity contribution in [2.75, 3.05) is 26.9 Å². The van der Waals surface area contributed by atoms with Crippen molar-refractivity contribution in [1.29, 1.82) is 0 Å². The molecule has 0 aliphatic heterocycles. The summed E-state index contributed by atoms with van der Waals surface area (Å²) in [6.07, 6.45) is 1.15. The second-order valence-electron chi connectivity index (χ2n) is 7.43. The van der Waals surface area contributed by atoms with Crippen LogP contribution in [0.4, 0.5) is 4.39 Å². The summed E-state index contributed by atoms with van der Waals surface area (Å²) < 4.78 is 37.0. The van der Waals surface area contributed by atoms with Crippen molar-refractivity contribution < 1.29 is 17.6 Å². The van der Waals surface area contributed by atoms with E-state index < -0.39 is 15.7 Å². The molecule has 2 rings (SSSR count). The Labute approximate surface area is 206 Å². The number of hydrogen-bond acceptors (Lipinski definition) is 4. The predicted molar refractivity (Wildman–Crippen MR) is 136 cm³/mol. The van der Waals surface area contributed by atoms with Gasteiger partial charge in [-0.15, -0.1) is 24.0 Å². The summed E-state index contributed by atoms with van der Waals surface area (Å²) in [5, 5.41) is 6.24. The molecule has 0 heterocycles. The lowest BCUT2D eigenvalue weighted by Crippen LogP contribution is -2.37. The molecule has 0 aromatic heterocycles. The molecule has 176 valence electrons. The minimum atomic E-state index is -3.25. The Morgan fingerprint density at radius 2 is 1.72 bits per heavy atom. The van der Waals surface area contributed by atoms with Gasteiger partial charge in [-0.2, -0.15) is 0 Å². The lowest BCUT2D eigenvalue weighted by Gasteiger charge is -2.14. The third-order valence-corrected chi connectivity index (χ3v) is 5.24. The van der Waals surface area contributed by atoms with Gasteiger partial charge in [-0.3, -0.25) is 4.79 Å². The van der Waals surface area contributed by atoms with Gasteiger partial charge in [0, 0.05) is 39.0 Å². The number of carbonyl (C=O) groups is 1. The first-order valence-corrected chi connectivity index (χ1v) is 11.9. The number of hydrogen-bond donors (Lipinski definition) is 2. The molecule has 0 aliphatic rings. The van der Waals surface area contributed by atoms with E-state index in [-0.39, 0.29) is 42.2 Å². The average molecular weight is 576 g/mol. The van der Waals surface area contributed by atoms with Crippen molar-refractivity contribution in [2.45, 2.75) is 25.8 Å². The van der Waals surface area contributed by atoms with Crippen molar-refractivity contribution in [2.24, 2.45) is 4.99 Å². The van der Waals surface area contributed by atoms with Gasteiger partial charge in [0.05, 0.1) is 12.3 Å². The molecule has 2 aromatic carbocycles. The van der Waals surface area contributed by atoms with Crippen molar-refractivity contribution in [3.8, 4) is 0 Å². The minimum absolute atomic E-state index is 0. The van der Waals surface area contributed by atoms with Crippen LogP contribution in [0.5, 0.6) is 0 Å². The van der Waals surface area contributed by atoms with Gasteiger partial charge in [-0.1, -0.05) is 18.2 Å². The van der Waals surface area contributed by atoms with E-state index in [9.17, 15) is 17.6 Å². The third-order valence-electron chi connectivity index (χ3n) is 4.40. The second kappa shape index (κ2) is 12.7. The van der Waals surface area contributed by atoms with E-state index in [1.54, 1.807) is 26.2 Å². The zero-order valence-electron chi connectivity index (χ0n) is 18.7. The highest BCUT2D eigenvalue weighted by atomic mass is 127. The topological polar surface area (TPSA) is 90.9 Å². The molecule has 0 spiro atoms. The van der Waals surface area contributed by atoms with Crippen LogP contribution in [0.15, 0.2) is 47.5 Å². The fourth-order valence-corrected chi connectivity index (χ4v) is 3.73. The van der Waals surface area contributed by atoms with Gasteiger partial charge < -0.3 is 15.5 Å². The molecule has 2 aromatic rings. The van der Waals surface area contributed by atoms with Crippen LogP contribution in [0.2, 0.25) is 0 Å². The molecule has 0 bridgehead atoms. The molecule has 32 heavy (non-hydrogen) atoms. The lowest BCUT2D eigenvalue weighted by molar-refractivity contribution is 0.0827. The number of sulfone groups is 1. The summed E-state index contributed by atoms with van der Waals surface area (Å²) in [5.41, 5.74) is 2.64. The summed E-state index contributed by atoms with van der Waals surface area (Å²) in [4.78, 5) is 18.0. The van der Waals surface area contributed by atoms with Crippen molar-refractivity contribution in [1.82, 2.24) is 15.5 Å². The fraction of sp³-hybridized carbons (Fsp3) is 0.364. The first-order chi connectivity index (χ1) is 14.6. The van der Waals surface area contributed by atoms with Crippen LogP contribution in [-0.2, 0) is 28.7 Å². The Morgan fingerprint density at radius 1 is 1.06 bits per heavy atom. The van der Waals surface area contributed by atoms with Crippen LogP contribution in [0.25, 0.3) is 0 Å². The highest BCUT2D eigenvalue weighted by Crippen LogP contribution is 2.14. The summed E-state index contributed by atoms with van der Waals surface area (Å²) in [7, 11) is 0.161. The fourth-order valence-electron chi connectivity index (χ4n) is 2.88. The summed E-state index contributed by atoms with van der Waals surface area (Å²) in [6.45, 7) is 3.16. The Kier molecular flexibility index (Phi) is 11.1. The van der Waals surface area contributed by atoms with E-state index in [2.05, 4.69) is 15.6 Å². The molecule has 0 radical (unpaired) electrons. The number of rotatable bonds is 8. The maximum absolute atomic E-state index is 13.7. The van der Waals surface area contributed by atoms with Crippen molar-refractivity contribution in [3.05, 3.63) is 70.5 Å². The van der Waals surface area contributed by atoms with E-state index >= 15 is 0 Å². The van der Waals surface area contributed by atoms with Gasteiger partial charge >= 0.3 is 0 Å². The van der Waals surface area contributed by atoms with Crippen LogP contribution in [0, 0.1) is 5.82 Å². The van der Waals surface area contributed by atoms with Gasteiger partial charge in [0.25, 0.3) is 5.91 Å². The molecule has 0 saturated heterocycles. The van der Waals surface area contributed by atoms with E-state index in [0.29, 0.717) is 35.7 Å². The quantitative estimate of drug-likeness (QED) is 0.287. The van der Waals surface area contributed by atoms with Gasteiger partial charge in [0.2, 0.25) is 0 Å². The Balaban J connectivity index is 0.00000512. The molecule has 0 unspecified atom stereocenters. The molecule has 1 amide bonds. The maximum Gasteiger partial charge on any atom is 0.253 e. The smallest absolute Gasteiger partial charge is 0.253 e. The van der Waals surface area contributed by atoms with Gasteiger partial charge in [-0.05, 0) is 47.9 Å². The zero-order chi connectivity index (χ0) is 23.0. The number of carbonyl (C=O) groups excluding carboxylic acids is 1. The highest BCUT2D eigenvalue weighted by molar-refractivity contribution is 14.0. The third kappa shape index (κ3) is 9.11. The molecular weight excluding hydrogens is 546 g/mol. The van der Waals surface area contributed by atoms with Gasteiger partial charge in [0.1, 0.15) is 5.82 Å². The lowest BCUT2D eigenvalue weighted by atomic mass is 10.1. The second-order valence-corrected chi connectivity index (χ2v) is 9.57. The summed E-state index contributed by atoms with van der Waals surface area (Å²) >= 11 is 0. The maximum atomic E-state index is 13.7. The van der Waals surface area contributed by atoms with Crippen LogP contribution < -0.4 is 10.6 Å². The monoisotopic (exact) mass is 576 g/mol. The number of nitrogens with one attached hydrogen (secondary N) is 2. The number of nitrogens with zero attached hydrogens (tertiary/aromatic N) is 2. The number of guanidine groups is 1. The minimum Gasteiger partial charge on any atom is -0.357 e. The van der Waals surface area contributed by atoms with E-state index in [4.69, 9.17) is 0 Å². The predicted octanol–water partition coefficient (Wildman–Crippen LogP) is 2.95. The molecule has 2 N–H and O–H groups in total. The largest absolute Gasteiger partial charge is 0.357 e. The summed E-state index contributed by atoms with van der Waals surface area (Å²) in [6, 6.07) is 11.3. The SMILES string of the molecule is CCNC(=NCc1ccc(C(=O)N(C)C)cc1)NCc1cc(F)ccc1CS(C)(=O)=O.I. The number of halogens is 2. The van der Waals surface area contributed by atoms with Gasteiger partial charge in [0.15, 0.2) is 15.8 Å².